The lowest BCUT2D eigenvalue weighted by molar-refractivity contribution is 0.241. The normalized spacial score (nSPS) is 16.5. The second-order valence-corrected chi connectivity index (χ2v) is 4.66. The summed E-state index contributed by atoms with van der Waals surface area (Å²) in [7, 11) is 0. The molecule has 0 radical (unpaired) electrons. The molecule has 0 bridgehead atoms. The van der Waals surface area contributed by atoms with Gasteiger partial charge in [0.2, 0.25) is 0 Å². The molecule has 1 aliphatic heterocycles. The SMILES string of the molecule is c1c[nH]c(CN2CCc3ncsc3C2)n1. The van der Waals surface area contributed by atoms with Gasteiger partial charge in [-0.25, -0.2) is 9.97 Å². The average Bonchev–Trinajstić information content (AvgIpc) is 2.87. The molecule has 3 heterocycles. The fourth-order valence-corrected chi connectivity index (χ4v) is 2.76. The highest BCUT2D eigenvalue weighted by Gasteiger charge is 2.18. The number of hydrogen-bond donors (Lipinski definition) is 1. The standard InChI is InChI=1S/C10H12N4S/c1-4-14(6-10-11-2-3-12-10)5-9-8(1)13-7-15-9/h2-3,7H,1,4-6H2,(H,11,12). The lowest BCUT2D eigenvalue weighted by Gasteiger charge is -2.24. The number of hydrogen-bond acceptors (Lipinski definition) is 4. The number of nitrogens with zero attached hydrogens (tertiary/aromatic N) is 3. The Hall–Kier alpha value is -1.20. The van der Waals surface area contributed by atoms with Crippen molar-refractivity contribution in [2.24, 2.45) is 0 Å². The summed E-state index contributed by atoms with van der Waals surface area (Å²) in [4.78, 5) is 15.6. The van der Waals surface area contributed by atoms with Crippen molar-refractivity contribution < 1.29 is 0 Å². The van der Waals surface area contributed by atoms with Crippen LogP contribution in [0.3, 0.4) is 0 Å². The molecule has 15 heavy (non-hydrogen) atoms. The minimum absolute atomic E-state index is 0.907. The largest absolute Gasteiger partial charge is 0.348 e. The fraction of sp³-hybridized carbons (Fsp3) is 0.400. The highest BCUT2D eigenvalue weighted by Crippen LogP contribution is 2.22. The zero-order valence-corrected chi connectivity index (χ0v) is 9.13. The van der Waals surface area contributed by atoms with Crippen molar-refractivity contribution in [2.75, 3.05) is 6.54 Å². The Balaban J connectivity index is 1.71. The molecule has 1 aliphatic rings. The monoisotopic (exact) mass is 220 g/mol. The van der Waals surface area contributed by atoms with Gasteiger partial charge in [-0.15, -0.1) is 11.3 Å². The van der Waals surface area contributed by atoms with E-state index in [-0.39, 0.29) is 0 Å². The zero-order chi connectivity index (χ0) is 10.1. The summed E-state index contributed by atoms with van der Waals surface area (Å²) in [6, 6.07) is 0. The van der Waals surface area contributed by atoms with Crippen LogP contribution in [0.4, 0.5) is 0 Å². The lowest BCUT2D eigenvalue weighted by atomic mass is 10.2. The molecule has 1 N–H and O–H groups in total. The van der Waals surface area contributed by atoms with Crippen LogP contribution in [-0.4, -0.2) is 26.4 Å². The molecule has 0 spiro atoms. The first kappa shape index (κ1) is 9.06. The Kier molecular flexibility index (Phi) is 2.26. The summed E-state index contributed by atoms with van der Waals surface area (Å²) in [6.45, 7) is 3.00. The predicted molar refractivity (Wildman–Crippen MR) is 58.5 cm³/mol. The molecule has 0 saturated carbocycles. The van der Waals surface area contributed by atoms with E-state index in [9.17, 15) is 0 Å². The third-order valence-corrected chi connectivity index (χ3v) is 3.55. The average molecular weight is 220 g/mol. The van der Waals surface area contributed by atoms with Gasteiger partial charge in [0.05, 0.1) is 17.7 Å². The Morgan fingerprint density at radius 2 is 2.47 bits per heavy atom. The van der Waals surface area contributed by atoms with E-state index in [1.165, 1.54) is 10.6 Å². The van der Waals surface area contributed by atoms with Gasteiger partial charge in [0.15, 0.2) is 0 Å². The molecule has 78 valence electrons. The Labute approximate surface area is 92.0 Å². The number of rotatable bonds is 2. The van der Waals surface area contributed by atoms with Gasteiger partial charge in [0.25, 0.3) is 0 Å². The molecule has 0 amide bonds. The number of nitrogens with one attached hydrogen (secondary N) is 1. The second kappa shape index (κ2) is 3.75. The third-order valence-electron chi connectivity index (χ3n) is 2.69. The summed E-state index contributed by atoms with van der Waals surface area (Å²) in [5.74, 6) is 1.04. The molecule has 0 unspecified atom stereocenters. The molecule has 0 aromatic carbocycles. The highest BCUT2D eigenvalue weighted by atomic mass is 32.1. The first-order valence-corrected chi connectivity index (χ1v) is 5.91. The maximum absolute atomic E-state index is 4.36. The summed E-state index contributed by atoms with van der Waals surface area (Å²) < 4.78 is 0. The molecule has 0 aliphatic carbocycles. The Morgan fingerprint density at radius 3 is 3.33 bits per heavy atom. The van der Waals surface area contributed by atoms with Crippen LogP contribution in [0.15, 0.2) is 17.9 Å². The van der Waals surface area contributed by atoms with Gasteiger partial charge in [0, 0.05) is 36.8 Å². The Bertz CT molecular complexity index is 434. The van der Waals surface area contributed by atoms with Crippen molar-refractivity contribution in [3.05, 3.63) is 34.3 Å². The van der Waals surface area contributed by atoms with Crippen molar-refractivity contribution in [1.29, 1.82) is 0 Å². The third kappa shape index (κ3) is 1.80. The minimum Gasteiger partial charge on any atom is -0.348 e. The van der Waals surface area contributed by atoms with E-state index in [4.69, 9.17) is 0 Å². The number of fused-ring (bicyclic) bond motifs is 1. The van der Waals surface area contributed by atoms with Crippen LogP contribution in [0.2, 0.25) is 0 Å². The first-order valence-electron chi connectivity index (χ1n) is 5.03. The van der Waals surface area contributed by atoms with E-state index in [2.05, 4.69) is 19.9 Å². The maximum atomic E-state index is 4.36. The summed E-state index contributed by atoms with van der Waals surface area (Å²) in [5.41, 5.74) is 3.23. The van der Waals surface area contributed by atoms with Crippen LogP contribution >= 0.6 is 11.3 Å². The molecular formula is C10H12N4S. The number of H-pyrrole nitrogens is 1. The second-order valence-electron chi connectivity index (χ2n) is 3.72. The van der Waals surface area contributed by atoms with Crippen molar-refractivity contribution in [2.45, 2.75) is 19.5 Å². The molecule has 0 atom stereocenters. The molecule has 2 aromatic rings. The van der Waals surface area contributed by atoms with Gasteiger partial charge in [-0.1, -0.05) is 0 Å². The van der Waals surface area contributed by atoms with Gasteiger partial charge in [0.1, 0.15) is 5.82 Å². The van der Waals surface area contributed by atoms with Gasteiger partial charge < -0.3 is 4.98 Å². The van der Waals surface area contributed by atoms with E-state index in [1.807, 2.05) is 11.7 Å². The van der Waals surface area contributed by atoms with Crippen LogP contribution in [0.1, 0.15) is 16.4 Å². The summed E-state index contributed by atoms with van der Waals surface area (Å²) in [5, 5.41) is 0. The molecule has 3 rings (SSSR count). The smallest absolute Gasteiger partial charge is 0.120 e. The quantitative estimate of drug-likeness (QED) is 0.832. The topological polar surface area (TPSA) is 44.8 Å². The van der Waals surface area contributed by atoms with Crippen molar-refractivity contribution in [3.63, 3.8) is 0 Å². The number of aromatic amines is 1. The lowest BCUT2D eigenvalue weighted by Crippen LogP contribution is -2.29. The van der Waals surface area contributed by atoms with Crippen LogP contribution in [-0.2, 0) is 19.5 Å². The van der Waals surface area contributed by atoms with Crippen molar-refractivity contribution in [1.82, 2.24) is 19.9 Å². The molecule has 0 fully saturated rings. The molecule has 5 heteroatoms. The number of imidazole rings is 1. The molecule has 0 saturated heterocycles. The highest BCUT2D eigenvalue weighted by molar-refractivity contribution is 7.09. The van der Waals surface area contributed by atoms with E-state index < -0.39 is 0 Å². The minimum atomic E-state index is 0.907. The first-order chi connectivity index (χ1) is 7.42. The van der Waals surface area contributed by atoms with Gasteiger partial charge >= 0.3 is 0 Å². The fourth-order valence-electron chi connectivity index (χ4n) is 1.90. The van der Waals surface area contributed by atoms with Crippen molar-refractivity contribution in [3.8, 4) is 0 Å². The van der Waals surface area contributed by atoms with E-state index >= 15 is 0 Å². The van der Waals surface area contributed by atoms with Crippen LogP contribution in [0.5, 0.6) is 0 Å². The summed E-state index contributed by atoms with van der Waals surface area (Å²) in [6.07, 6.45) is 4.74. The zero-order valence-electron chi connectivity index (χ0n) is 8.31. The van der Waals surface area contributed by atoms with Crippen LogP contribution < -0.4 is 0 Å². The van der Waals surface area contributed by atoms with Crippen LogP contribution in [0.25, 0.3) is 0 Å². The van der Waals surface area contributed by atoms with E-state index in [1.54, 1.807) is 17.5 Å². The van der Waals surface area contributed by atoms with E-state index in [0.29, 0.717) is 0 Å². The predicted octanol–water partition coefficient (Wildman–Crippen LogP) is 1.42. The van der Waals surface area contributed by atoms with Crippen molar-refractivity contribution >= 4 is 11.3 Å². The summed E-state index contributed by atoms with van der Waals surface area (Å²) >= 11 is 1.76. The van der Waals surface area contributed by atoms with Gasteiger partial charge in [-0.05, 0) is 0 Å². The number of thiazole rings is 1. The number of aromatic nitrogens is 3. The van der Waals surface area contributed by atoms with E-state index in [0.717, 1.165) is 31.9 Å². The Morgan fingerprint density at radius 1 is 1.47 bits per heavy atom. The molecule has 2 aromatic heterocycles. The van der Waals surface area contributed by atoms with Gasteiger partial charge in [-0.3, -0.25) is 4.90 Å². The van der Waals surface area contributed by atoms with Crippen LogP contribution in [0, 0.1) is 0 Å². The maximum Gasteiger partial charge on any atom is 0.120 e. The van der Waals surface area contributed by atoms with Gasteiger partial charge in [-0.2, -0.15) is 0 Å². The molecular weight excluding hydrogens is 208 g/mol. The molecule has 4 nitrogen and oxygen atoms in total.